The van der Waals surface area contributed by atoms with E-state index in [0.717, 1.165) is 5.56 Å². The largest absolute Gasteiger partial charge is 0.270 e. The van der Waals surface area contributed by atoms with Crippen LogP contribution in [0.25, 0.3) is 0 Å². The predicted octanol–water partition coefficient (Wildman–Crippen LogP) is 3.66. The summed E-state index contributed by atoms with van der Waals surface area (Å²) in [4.78, 5) is 11.7. The summed E-state index contributed by atoms with van der Waals surface area (Å²) in [6.45, 7) is 4.02. The fraction of sp³-hybridized carbons (Fsp3) is 0.375. The monoisotopic (exact) mass is 366 g/mol. The van der Waals surface area contributed by atoms with Crippen molar-refractivity contribution < 1.29 is 13.3 Å². The first-order valence-corrected chi connectivity index (χ1v) is 10.0. The third kappa shape index (κ3) is 2.74. The normalized spacial score (nSPS) is 18.3. The van der Waals surface area contributed by atoms with Crippen molar-refractivity contribution in [3.05, 3.63) is 55.8 Å². The van der Waals surface area contributed by atoms with Crippen LogP contribution in [0.2, 0.25) is 0 Å². The molecule has 24 heavy (non-hydrogen) atoms. The molecule has 1 atom stereocenters. The number of thiophene rings is 1. The van der Waals surface area contributed by atoms with Gasteiger partial charge in [0.25, 0.3) is 5.69 Å². The second-order valence-electron chi connectivity index (χ2n) is 5.80. The zero-order valence-electron chi connectivity index (χ0n) is 13.4. The van der Waals surface area contributed by atoms with Gasteiger partial charge in [-0.05, 0) is 42.3 Å². The third-order valence-corrected chi connectivity index (χ3v) is 7.45. The van der Waals surface area contributed by atoms with Crippen LogP contribution in [-0.4, -0.2) is 24.2 Å². The molecular formula is C16H18N2O4S2. The van der Waals surface area contributed by atoms with Crippen LogP contribution in [0, 0.1) is 17.0 Å². The lowest BCUT2D eigenvalue weighted by Crippen LogP contribution is -2.39. The van der Waals surface area contributed by atoms with Gasteiger partial charge in [-0.1, -0.05) is 13.0 Å². The van der Waals surface area contributed by atoms with Crippen LogP contribution in [0.1, 0.15) is 35.4 Å². The number of nitro benzene ring substituents is 1. The summed E-state index contributed by atoms with van der Waals surface area (Å²) in [5, 5.41) is 13.0. The van der Waals surface area contributed by atoms with E-state index in [-0.39, 0.29) is 16.6 Å². The van der Waals surface area contributed by atoms with E-state index in [9.17, 15) is 18.5 Å². The minimum absolute atomic E-state index is 0.0221. The first kappa shape index (κ1) is 17.1. The van der Waals surface area contributed by atoms with Gasteiger partial charge in [0, 0.05) is 23.6 Å². The highest BCUT2D eigenvalue weighted by atomic mass is 32.2. The Labute approximate surface area is 144 Å². The van der Waals surface area contributed by atoms with Crippen molar-refractivity contribution in [2.24, 2.45) is 0 Å². The standard InChI is InChI=1S/C16H18N2O4S2/c1-3-14-13-7-9-23-15(13)6-8-17(14)24(21,22)16-10-12(18(19)20)5-4-11(16)2/h4-5,7,9-10,14H,3,6,8H2,1-2H3/t14-/m0/s1. The molecular weight excluding hydrogens is 348 g/mol. The number of sulfonamides is 1. The molecule has 2 aromatic rings. The highest BCUT2D eigenvalue weighted by Crippen LogP contribution is 2.39. The minimum atomic E-state index is -3.80. The average Bonchev–Trinajstić information content (AvgIpc) is 3.02. The number of rotatable bonds is 4. The molecule has 0 spiro atoms. The van der Waals surface area contributed by atoms with E-state index in [1.165, 1.54) is 27.4 Å². The first-order chi connectivity index (χ1) is 11.4. The van der Waals surface area contributed by atoms with E-state index in [1.807, 2.05) is 18.4 Å². The Morgan fingerprint density at radius 1 is 1.38 bits per heavy atom. The summed E-state index contributed by atoms with van der Waals surface area (Å²) in [6.07, 6.45) is 1.34. The maximum atomic E-state index is 13.2. The lowest BCUT2D eigenvalue weighted by molar-refractivity contribution is -0.385. The summed E-state index contributed by atoms with van der Waals surface area (Å²) in [6, 6.07) is 5.75. The topological polar surface area (TPSA) is 80.5 Å². The molecule has 1 aromatic heterocycles. The molecule has 0 saturated heterocycles. The van der Waals surface area contributed by atoms with Gasteiger partial charge in [-0.15, -0.1) is 11.3 Å². The lowest BCUT2D eigenvalue weighted by Gasteiger charge is -2.34. The maximum Gasteiger partial charge on any atom is 0.270 e. The Morgan fingerprint density at radius 2 is 2.12 bits per heavy atom. The Hall–Kier alpha value is -1.77. The molecule has 0 bridgehead atoms. The Kier molecular flexibility index (Phi) is 4.46. The first-order valence-electron chi connectivity index (χ1n) is 7.69. The zero-order chi connectivity index (χ0) is 17.5. The second-order valence-corrected chi connectivity index (χ2v) is 8.66. The lowest BCUT2D eigenvalue weighted by atomic mass is 10.0. The molecule has 0 amide bonds. The molecule has 2 heterocycles. The van der Waals surface area contributed by atoms with E-state index in [0.29, 0.717) is 24.9 Å². The predicted molar refractivity (Wildman–Crippen MR) is 92.8 cm³/mol. The number of benzene rings is 1. The molecule has 1 aromatic carbocycles. The highest BCUT2D eigenvalue weighted by molar-refractivity contribution is 7.89. The van der Waals surface area contributed by atoms with Gasteiger partial charge < -0.3 is 0 Å². The van der Waals surface area contributed by atoms with E-state index in [1.54, 1.807) is 18.3 Å². The average molecular weight is 366 g/mol. The SMILES string of the molecule is CC[C@H]1c2ccsc2CCN1S(=O)(=O)c1cc([N+](=O)[O-])ccc1C. The molecule has 0 N–H and O–H groups in total. The van der Waals surface area contributed by atoms with Gasteiger partial charge in [-0.3, -0.25) is 10.1 Å². The van der Waals surface area contributed by atoms with Gasteiger partial charge in [-0.25, -0.2) is 8.42 Å². The molecule has 3 rings (SSSR count). The number of hydrogen-bond acceptors (Lipinski definition) is 5. The molecule has 0 saturated carbocycles. The van der Waals surface area contributed by atoms with Crippen molar-refractivity contribution >= 4 is 27.0 Å². The molecule has 128 valence electrons. The van der Waals surface area contributed by atoms with E-state index in [2.05, 4.69) is 0 Å². The number of non-ortho nitro benzene ring substituents is 1. The van der Waals surface area contributed by atoms with Crippen LogP contribution < -0.4 is 0 Å². The van der Waals surface area contributed by atoms with E-state index in [4.69, 9.17) is 0 Å². The second kappa shape index (κ2) is 6.27. The van der Waals surface area contributed by atoms with Crippen LogP contribution >= 0.6 is 11.3 Å². The smallest absolute Gasteiger partial charge is 0.258 e. The summed E-state index contributed by atoms with van der Waals surface area (Å²) in [5.41, 5.74) is 1.37. The highest BCUT2D eigenvalue weighted by Gasteiger charge is 2.37. The van der Waals surface area contributed by atoms with Crippen LogP contribution in [0.5, 0.6) is 0 Å². The van der Waals surface area contributed by atoms with Gasteiger partial charge >= 0.3 is 0 Å². The minimum Gasteiger partial charge on any atom is -0.258 e. The Morgan fingerprint density at radius 3 is 2.79 bits per heavy atom. The van der Waals surface area contributed by atoms with Gasteiger partial charge in [0.2, 0.25) is 10.0 Å². The van der Waals surface area contributed by atoms with Crippen molar-refractivity contribution in [1.29, 1.82) is 0 Å². The van der Waals surface area contributed by atoms with Gasteiger partial charge in [0.1, 0.15) is 0 Å². The molecule has 0 aliphatic carbocycles. The van der Waals surface area contributed by atoms with Crippen LogP contribution in [0.4, 0.5) is 5.69 Å². The van der Waals surface area contributed by atoms with Gasteiger partial charge in [-0.2, -0.15) is 4.31 Å². The Balaban J connectivity index is 2.08. The van der Waals surface area contributed by atoms with Crippen molar-refractivity contribution in [1.82, 2.24) is 4.31 Å². The molecule has 8 heteroatoms. The van der Waals surface area contributed by atoms with Crippen molar-refractivity contribution in [2.75, 3.05) is 6.54 Å². The fourth-order valence-corrected chi connectivity index (χ4v) is 6.05. The quantitative estimate of drug-likeness (QED) is 0.611. The van der Waals surface area contributed by atoms with Gasteiger partial charge in [0.15, 0.2) is 0 Å². The van der Waals surface area contributed by atoms with Crippen LogP contribution in [-0.2, 0) is 16.4 Å². The Bertz CT molecular complexity index is 889. The van der Waals surface area contributed by atoms with Crippen molar-refractivity contribution in [3.63, 3.8) is 0 Å². The molecule has 0 fully saturated rings. The number of nitro groups is 1. The van der Waals surface area contributed by atoms with E-state index < -0.39 is 14.9 Å². The zero-order valence-corrected chi connectivity index (χ0v) is 15.1. The maximum absolute atomic E-state index is 13.2. The molecule has 1 aliphatic rings. The fourth-order valence-electron chi connectivity index (χ4n) is 3.19. The summed E-state index contributed by atoms with van der Waals surface area (Å²) in [7, 11) is -3.80. The molecule has 6 nitrogen and oxygen atoms in total. The number of nitrogens with zero attached hydrogens (tertiary/aromatic N) is 2. The summed E-state index contributed by atoms with van der Waals surface area (Å²) < 4.78 is 27.9. The number of aryl methyl sites for hydroxylation is 1. The number of fused-ring (bicyclic) bond motifs is 1. The molecule has 0 radical (unpaired) electrons. The van der Waals surface area contributed by atoms with Crippen LogP contribution in [0.15, 0.2) is 34.5 Å². The summed E-state index contributed by atoms with van der Waals surface area (Å²) >= 11 is 1.65. The molecule has 1 aliphatic heterocycles. The summed E-state index contributed by atoms with van der Waals surface area (Å²) in [5.74, 6) is 0. The van der Waals surface area contributed by atoms with Crippen LogP contribution in [0.3, 0.4) is 0 Å². The van der Waals surface area contributed by atoms with Crippen molar-refractivity contribution in [2.45, 2.75) is 37.6 Å². The molecule has 0 unspecified atom stereocenters. The third-order valence-electron chi connectivity index (χ3n) is 4.40. The van der Waals surface area contributed by atoms with Gasteiger partial charge in [0.05, 0.1) is 15.9 Å². The van der Waals surface area contributed by atoms with Crippen molar-refractivity contribution in [3.8, 4) is 0 Å². The number of hydrogen-bond donors (Lipinski definition) is 0. The van der Waals surface area contributed by atoms with E-state index >= 15 is 0 Å².